The van der Waals surface area contributed by atoms with Gasteiger partial charge in [0.15, 0.2) is 0 Å². The van der Waals surface area contributed by atoms with Crippen LogP contribution in [0.3, 0.4) is 0 Å². The van der Waals surface area contributed by atoms with Crippen LogP contribution in [0.25, 0.3) is 0 Å². The molecule has 0 aromatic rings. The number of hydrogen-bond donors (Lipinski definition) is 3. The van der Waals surface area contributed by atoms with Gasteiger partial charge in [0.05, 0.1) is 0 Å². The molecule has 1 atom stereocenters. The van der Waals surface area contributed by atoms with E-state index in [9.17, 15) is 9.59 Å². The van der Waals surface area contributed by atoms with Crippen LogP contribution in [0, 0.1) is 23.2 Å². The summed E-state index contributed by atoms with van der Waals surface area (Å²) in [7, 11) is 0. The van der Waals surface area contributed by atoms with Crippen molar-refractivity contribution in [3.63, 3.8) is 0 Å². The van der Waals surface area contributed by atoms with Crippen LogP contribution < -0.4 is 10.6 Å². The van der Waals surface area contributed by atoms with E-state index in [1.54, 1.807) is 6.92 Å². The molecule has 0 aliphatic heterocycles. The van der Waals surface area contributed by atoms with Gasteiger partial charge in [-0.15, -0.1) is 0 Å². The van der Waals surface area contributed by atoms with Gasteiger partial charge in [0, 0.05) is 24.2 Å². The van der Waals surface area contributed by atoms with Crippen molar-refractivity contribution in [3.8, 4) is 0 Å². The summed E-state index contributed by atoms with van der Waals surface area (Å²) in [5.41, 5.74) is 0.418. The number of carbonyl (C=O) groups is 2. The van der Waals surface area contributed by atoms with Crippen LogP contribution in [0.5, 0.6) is 0 Å². The summed E-state index contributed by atoms with van der Waals surface area (Å²) in [5.74, 6) is 2.13. The van der Waals surface area contributed by atoms with E-state index < -0.39 is 6.10 Å². The maximum atomic E-state index is 12.4. The summed E-state index contributed by atoms with van der Waals surface area (Å²) < 4.78 is 5.42. The molecule has 0 radical (unpaired) electrons. The molecule has 4 bridgehead atoms. The Morgan fingerprint density at radius 2 is 1.71 bits per heavy atom. The molecule has 2 amide bonds. The van der Waals surface area contributed by atoms with Crippen LogP contribution in [0.2, 0.25) is 0 Å². The lowest BCUT2D eigenvalue weighted by Crippen LogP contribution is -2.61. The third kappa shape index (κ3) is 5.48. The first-order chi connectivity index (χ1) is 13.4. The van der Waals surface area contributed by atoms with E-state index >= 15 is 0 Å². The molecule has 6 heteroatoms. The summed E-state index contributed by atoms with van der Waals surface area (Å²) in [5, 5.41) is 14.0. The zero-order valence-corrected chi connectivity index (χ0v) is 17.5. The Balaban J connectivity index is 1.33. The van der Waals surface area contributed by atoms with E-state index in [1.807, 2.05) is 0 Å². The molecule has 6 nitrogen and oxygen atoms in total. The molecule has 4 aliphatic rings. The third-order valence-electron chi connectivity index (χ3n) is 6.84. The highest BCUT2D eigenvalue weighted by molar-refractivity contribution is 5.85. The first kappa shape index (κ1) is 21.1. The summed E-state index contributed by atoms with van der Waals surface area (Å²) >= 11 is 0. The molecule has 0 spiro atoms. The van der Waals surface area contributed by atoms with Gasteiger partial charge in [-0.05, 0) is 82.5 Å². The number of amides is 2. The molecule has 0 aromatic carbocycles. The minimum atomic E-state index is -0.403. The average molecular weight is 392 g/mol. The summed E-state index contributed by atoms with van der Waals surface area (Å²) in [6.07, 6.45) is 10.6. The van der Waals surface area contributed by atoms with Crippen LogP contribution >= 0.6 is 0 Å². The Morgan fingerprint density at radius 1 is 1.11 bits per heavy atom. The van der Waals surface area contributed by atoms with Gasteiger partial charge in [-0.2, -0.15) is 0 Å². The maximum Gasteiger partial charge on any atom is 0.315 e. The van der Waals surface area contributed by atoms with Gasteiger partial charge >= 0.3 is 12.0 Å². The molecule has 0 aromatic heterocycles. The minimum absolute atomic E-state index is 0.0196. The van der Waals surface area contributed by atoms with Gasteiger partial charge in [-0.1, -0.05) is 13.3 Å². The van der Waals surface area contributed by atoms with Gasteiger partial charge in [-0.25, -0.2) is 4.79 Å². The zero-order chi connectivity index (χ0) is 20.1. The van der Waals surface area contributed by atoms with Gasteiger partial charge in [0.25, 0.3) is 0 Å². The Hall–Kier alpha value is -1.59. The Bertz CT molecular complexity index is 554. The van der Waals surface area contributed by atoms with Crippen molar-refractivity contribution in [2.75, 3.05) is 6.54 Å². The highest BCUT2D eigenvalue weighted by Gasteiger charge is 2.51. The molecule has 4 fully saturated rings. The lowest BCUT2D eigenvalue weighted by Gasteiger charge is -2.56. The topological polar surface area (TPSA) is 91.3 Å². The quantitative estimate of drug-likeness (QED) is 0.296. The van der Waals surface area contributed by atoms with Crippen molar-refractivity contribution in [2.24, 2.45) is 17.8 Å². The van der Waals surface area contributed by atoms with Crippen molar-refractivity contribution in [2.45, 2.75) is 96.1 Å². The number of esters is 1. The third-order valence-corrected chi connectivity index (χ3v) is 6.84. The van der Waals surface area contributed by atoms with E-state index in [0.29, 0.717) is 25.1 Å². The first-order valence-electron chi connectivity index (χ1n) is 11.2. The Kier molecular flexibility index (Phi) is 7.00. The second kappa shape index (κ2) is 9.27. The van der Waals surface area contributed by atoms with Crippen molar-refractivity contribution >= 4 is 17.7 Å². The number of unbranched alkanes of at least 4 members (excludes halogenated alkanes) is 1. The van der Waals surface area contributed by atoms with E-state index in [2.05, 4.69) is 17.6 Å². The smallest absolute Gasteiger partial charge is 0.315 e. The van der Waals surface area contributed by atoms with E-state index in [-0.39, 0.29) is 24.0 Å². The number of urea groups is 1. The van der Waals surface area contributed by atoms with Gasteiger partial charge in [-0.3, -0.25) is 4.79 Å². The lowest BCUT2D eigenvalue weighted by atomic mass is 9.53. The second-order valence-corrected chi connectivity index (χ2v) is 9.49. The first-order valence-corrected chi connectivity index (χ1v) is 11.2. The molecule has 28 heavy (non-hydrogen) atoms. The van der Waals surface area contributed by atoms with Crippen LogP contribution in [0.4, 0.5) is 4.79 Å². The van der Waals surface area contributed by atoms with Crippen LogP contribution in [-0.2, 0) is 9.53 Å². The molecule has 3 N–H and O–H groups in total. The number of ether oxygens (including phenoxy) is 1. The normalized spacial score (nSPS) is 31.3. The monoisotopic (exact) mass is 391 g/mol. The number of hydrogen-bond acceptors (Lipinski definition) is 4. The van der Waals surface area contributed by atoms with Crippen molar-refractivity contribution in [1.82, 2.24) is 10.6 Å². The molecule has 4 aliphatic carbocycles. The van der Waals surface area contributed by atoms with Gasteiger partial charge in [0.2, 0.25) is 0 Å². The molecule has 0 saturated heterocycles. The van der Waals surface area contributed by atoms with Crippen molar-refractivity contribution in [1.29, 1.82) is 5.41 Å². The molecule has 4 saturated carbocycles. The highest BCUT2D eigenvalue weighted by Crippen LogP contribution is 2.55. The minimum Gasteiger partial charge on any atom is -0.456 e. The fourth-order valence-corrected chi connectivity index (χ4v) is 5.95. The van der Waals surface area contributed by atoms with E-state index in [0.717, 1.165) is 49.9 Å². The van der Waals surface area contributed by atoms with E-state index in [4.69, 9.17) is 10.1 Å². The molecule has 4 rings (SSSR count). The number of nitrogens with one attached hydrogen (secondary N) is 3. The van der Waals surface area contributed by atoms with Crippen molar-refractivity contribution in [3.05, 3.63) is 0 Å². The number of carbonyl (C=O) groups excluding carboxylic acids is 2. The second-order valence-electron chi connectivity index (χ2n) is 9.49. The molecule has 158 valence electrons. The number of rotatable bonds is 10. The molecule has 1 unspecified atom stereocenters. The summed E-state index contributed by atoms with van der Waals surface area (Å²) in [4.78, 5) is 24.4. The predicted molar refractivity (Wildman–Crippen MR) is 109 cm³/mol. The summed E-state index contributed by atoms with van der Waals surface area (Å²) in [6, 6.07) is -0.0912. The Morgan fingerprint density at radius 3 is 2.25 bits per heavy atom. The fraction of sp³-hybridized carbons (Fsp3) is 0.864. The van der Waals surface area contributed by atoms with Crippen molar-refractivity contribution < 1.29 is 14.3 Å². The van der Waals surface area contributed by atoms with Gasteiger partial charge in [0.1, 0.15) is 6.10 Å². The molecular formula is C22H37N3O3. The average Bonchev–Trinajstić information content (AvgIpc) is 2.60. The van der Waals surface area contributed by atoms with Gasteiger partial charge < -0.3 is 20.8 Å². The lowest BCUT2D eigenvalue weighted by molar-refractivity contribution is -0.146. The standard InChI is InChI=1S/C22H37N3O3/c1-3-4-6-19(15(2)23)28-20(26)7-5-8-24-21(27)25-22-12-16-9-17(13-22)11-18(10-16)14-22/h16-19,23H,3-14H2,1-2H3,(H2,24,25,27). The maximum absolute atomic E-state index is 12.4. The fourth-order valence-electron chi connectivity index (χ4n) is 5.95. The molecule has 0 heterocycles. The van der Waals surface area contributed by atoms with Crippen LogP contribution in [0.15, 0.2) is 0 Å². The van der Waals surface area contributed by atoms with Crippen LogP contribution in [-0.4, -0.2) is 35.9 Å². The largest absolute Gasteiger partial charge is 0.456 e. The zero-order valence-electron chi connectivity index (χ0n) is 17.5. The van der Waals surface area contributed by atoms with Crippen LogP contribution in [0.1, 0.15) is 84.5 Å². The SMILES string of the molecule is CCCCC(OC(=O)CCCNC(=O)NC12CC3CC(CC(C3)C1)C2)C(C)=N. The highest BCUT2D eigenvalue weighted by atomic mass is 16.5. The Labute approximate surface area is 169 Å². The van der Waals surface area contributed by atoms with E-state index in [1.165, 1.54) is 19.3 Å². The predicted octanol–water partition coefficient (Wildman–Crippen LogP) is 4.18. The summed E-state index contributed by atoms with van der Waals surface area (Å²) in [6.45, 7) is 4.23. The molecular weight excluding hydrogens is 354 g/mol.